The van der Waals surface area contributed by atoms with Gasteiger partial charge in [-0.3, -0.25) is 0 Å². The third-order valence-electron chi connectivity index (χ3n) is 2.05. The molecule has 0 aliphatic carbocycles. The van der Waals surface area contributed by atoms with Crippen molar-refractivity contribution in [3.8, 4) is 0 Å². The Bertz CT molecular complexity index is 258. The van der Waals surface area contributed by atoms with Crippen LogP contribution in [-0.2, 0) is 11.3 Å². The van der Waals surface area contributed by atoms with E-state index < -0.39 is 0 Å². The zero-order chi connectivity index (χ0) is 10.4. The molecule has 0 aromatic carbocycles. The molecule has 2 N–H and O–H groups in total. The molecule has 5 heteroatoms. The van der Waals surface area contributed by atoms with Gasteiger partial charge in [-0.1, -0.05) is 12.1 Å². The van der Waals surface area contributed by atoms with E-state index in [2.05, 4.69) is 10.1 Å². The molecule has 1 unspecified atom stereocenters. The highest BCUT2D eigenvalue weighted by Crippen LogP contribution is 2.15. The second kappa shape index (κ2) is 5.72. The standard InChI is InChI=1S/C9H17N3O2/c1-3-7(5-10)9-11-8(12-14-9)6-13-4-2/h7H,3-6,10H2,1-2H3. The lowest BCUT2D eigenvalue weighted by atomic mass is 10.1. The fourth-order valence-corrected chi connectivity index (χ4v) is 1.13. The van der Waals surface area contributed by atoms with Crippen molar-refractivity contribution in [1.82, 2.24) is 10.1 Å². The first-order valence-corrected chi connectivity index (χ1v) is 4.92. The van der Waals surface area contributed by atoms with E-state index in [4.69, 9.17) is 15.0 Å². The van der Waals surface area contributed by atoms with Gasteiger partial charge < -0.3 is 15.0 Å². The smallest absolute Gasteiger partial charge is 0.231 e. The number of rotatable bonds is 6. The molecule has 0 amide bonds. The van der Waals surface area contributed by atoms with E-state index in [-0.39, 0.29) is 5.92 Å². The second-order valence-corrected chi connectivity index (χ2v) is 3.03. The Hall–Kier alpha value is -0.940. The maximum absolute atomic E-state index is 5.57. The zero-order valence-electron chi connectivity index (χ0n) is 8.69. The summed E-state index contributed by atoms with van der Waals surface area (Å²) in [7, 11) is 0. The van der Waals surface area contributed by atoms with Crippen molar-refractivity contribution in [2.45, 2.75) is 32.8 Å². The molecule has 0 saturated carbocycles. The fraction of sp³-hybridized carbons (Fsp3) is 0.778. The minimum absolute atomic E-state index is 0.165. The van der Waals surface area contributed by atoms with E-state index >= 15 is 0 Å². The van der Waals surface area contributed by atoms with Crippen molar-refractivity contribution in [3.63, 3.8) is 0 Å². The van der Waals surface area contributed by atoms with Crippen LogP contribution in [0.1, 0.15) is 37.9 Å². The van der Waals surface area contributed by atoms with Crippen LogP contribution in [0.2, 0.25) is 0 Å². The lowest BCUT2D eigenvalue weighted by Crippen LogP contribution is -2.11. The van der Waals surface area contributed by atoms with E-state index in [1.807, 2.05) is 13.8 Å². The SMILES string of the molecule is CCOCc1noc(C(CC)CN)n1. The summed E-state index contributed by atoms with van der Waals surface area (Å²) in [6.45, 7) is 5.56. The molecule has 80 valence electrons. The highest BCUT2D eigenvalue weighted by atomic mass is 16.5. The van der Waals surface area contributed by atoms with Gasteiger partial charge >= 0.3 is 0 Å². The minimum atomic E-state index is 0.165. The zero-order valence-corrected chi connectivity index (χ0v) is 8.69. The summed E-state index contributed by atoms with van der Waals surface area (Å²) < 4.78 is 10.2. The van der Waals surface area contributed by atoms with Crippen molar-refractivity contribution in [2.75, 3.05) is 13.2 Å². The first-order chi connectivity index (χ1) is 6.81. The largest absolute Gasteiger partial charge is 0.374 e. The summed E-state index contributed by atoms with van der Waals surface area (Å²) in [5.41, 5.74) is 5.57. The molecule has 0 aliphatic rings. The number of nitrogens with two attached hydrogens (primary N) is 1. The summed E-state index contributed by atoms with van der Waals surface area (Å²) in [6, 6.07) is 0. The fourth-order valence-electron chi connectivity index (χ4n) is 1.13. The third-order valence-corrected chi connectivity index (χ3v) is 2.05. The Morgan fingerprint density at radius 1 is 1.50 bits per heavy atom. The quantitative estimate of drug-likeness (QED) is 0.741. The van der Waals surface area contributed by atoms with Gasteiger partial charge in [0, 0.05) is 13.2 Å². The number of hydrogen-bond acceptors (Lipinski definition) is 5. The van der Waals surface area contributed by atoms with Gasteiger partial charge in [-0.15, -0.1) is 0 Å². The topological polar surface area (TPSA) is 74.2 Å². The van der Waals surface area contributed by atoms with Gasteiger partial charge in [-0.05, 0) is 13.3 Å². The summed E-state index contributed by atoms with van der Waals surface area (Å²) in [6.07, 6.45) is 0.909. The van der Waals surface area contributed by atoms with Gasteiger partial charge in [0.25, 0.3) is 0 Å². The lowest BCUT2D eigenvalue weighted by molar-refractivity contribution is 0.126. The molecular formula is C9H17N3O2. The van der Waals surface area contributed by atoms with Crippen molar-refractivity contribution in [1.29, 1.82) is 0 Å². The molecule has 1 atom stereocenters. The van der Waals surface area contributed by atoms with Crippen LogP contribution in [0.5, 0.6) is 0 Å². The molecule has 0 bridgehead atoms. The Kier molecular flexibility index (Phi) is 4.55. The molecule has 1 rings (SSSR count). The van der Waals surface area contributed by atoms with E-state index in [1.54, 1.807) is 0 Å². The Morgan fingerprint density at radius 3 is 2.86 bits per heavy atom. The Balaban J connectivity index is 2.57. The van der Waals surface area contributed by atoms with E-state index in [0.29, 0.717) is 31.5 Å². The maximum atomic E-state index is 5.57. The molecule has 0 aliphatic heterocycles. The maximum Gasteiger partial charge on any atom is 0.231 e. The van der Waals surface area contributed by atoms with E-state index in [1.165, 1.54) is 0 Å². The van der Waals surface area contributed by atoms with Gasteiger partial charge in [-0.2, -0.15) is 4.98 Å². The molecule has 5 nitrogen and oxygen atoms in total. The number of ether oxygens (including phenoxy) is 1. The van der Waals surface area contributed by atoms with Gasteiger partial charge in [0.15, 0.2) is 5.82 Å². The second-order valence-electron chi connectivity index (χ2n) is 3.03. The molecule has 14 heavy (non-hydrogen) atoms. The monoisotopic (exact) mass is 199 g/mol. The molecule has 1 aromatic rings. The van der Waals surface area contributed by atoms with Crippen molar-refractivity contribution in [3.05, 3.63) is 11.7 Å². The molecule has 0 fully saturated rings. The summed E-state index contributed by atoms with van der Waals surface area (Å²) in [4.78, 5) is 4.21. The van der Waals surface area contributed by atoms with Gasteiger partial charge in [0.1, 0.15) is 6.61 Å². The number of nitrogens with zero attached hydrogens (tertiary/aromatic N) is 2. The Labute approximate surface area is 83.6 Å². The van der Waals surface area contributed by atoms with Crippen molar-refractivity contribution in [2.24, 2.45) is 5.73 Å². The van der Waals surface area contributed by atoms with E-state index in [0.717, 1.165) is 6.42 Å². The van der Waals surface area contributed by atoms with Gasteiger partial charge in [0.05, 0.1) is 5.92 Å². The third kappa shape index (κ3) is 2.78. The van der Waals surface area contributed by atoms with Crippen LogP contribution in [0, 0.1) is 0 Å². The average Bonchev–Trinajstić information content (AvgIpc) is 2.65. The minimum Gasteiger partial charge on any atom is -0.374 e. The molecular weight excluding hydrogens is 182 g/mol. The number of hydrogen-bond donors (Lipinski definition) is 1. The first-order valence-electron chi connectivity index (χ1n) is 4.92. The van der Waals surface area contributed by atoms with Crippen molar-refractivity contribution < 1.29 is 9.26 Å². The molecule has 1 aromatic heterocycles. The van der Waals surface area contributed by atoms with Crippen LogP contribution in [-0.4, -0.2) is 23.3 Å². The van der Waals surface area contributed by atoms with Crippen LogP contribution < -0.4 is 5.73 Å². The average molecular weight is 199 g/mol. The molecule has 0 radical (unpaired) electrons. The molecule has 1 heterocycles. The summed E-state index contributed by atoms with van der Waals surface area (Å²) in [5.74, 6) is 1.37. The van der Waals surface area contributed by atoms with Gasteiger partial charge in [-0.25, -0.2) is 0 Å². The normalized spacial score (nSPS) is 13.1. The predicted octanol–water partition coefficient (Wildman–Crippen LogP) is 1.06. The van der Waals surface area contributed by atoms with Gasteiger partial charge in [0.2, 0.25) is 5.89 Å². The lowest BCUT2D eigenvalue weighted by Gasteiger charge is -2.04. The van der Waals surface area contributed by atoms with Crippen LogP contribution in [0.15, 0.2) is 4.52 Å². The van der Waals surface area contributed by atoms with Crippen LogP contribution >= 0.6 is 0 Å². The van der Waals surface area contributed by atoms with E-state index in [9.17, 15) is 0 Å². The Morgan fingerprint density at radius 2 is 2.29 bits per heavy atom. The highest BCUT2D eigenvalue weighted by molar-refractivity contribution is 4.93. The highest BCUT2D eigenvalue weighted by Gasteiger charge is 2.15. The molecule has 0 saturated heterocycles. The predicted molar refractivity (Wildman–Crippen MR) is 51.7 cm³/mol. The summed E-state index contributed by atoms with van der Waals surface area (Å²) >= 11 is 0. The number of aromatic nitrogens is 2. The first kappa shape index (κ1) is 11.1. The van der Waals surface area contributed by atoms with Crippen LogP contribution in [0.25, 0.3) is 0 Å². The van der Waals surface area contributed by atoms with Crippen molar-refractivity contribution >= 4 is 0 Å². The van der Waals surface area contributed by atoms with Crippen LogP contribution in [0.4, 0.5) is 0 Å². The summed E-state index contributed by atoms with van der Waals surface area (Å²) in [5, 5.41) is 3.80. The molecule has 0 spiro atoms. The van der Waals surface area contributed by atoms with Crippen LogP contribution in [0.3, 0.4) is 0 Å².